The van der Waals surface area contributed by atoms with Gasteiger partial charge in [0.2, 0.25) is 0 Å². The first-order valence-electron chi connectivity index (χ1n) is 5.82. The van der Waals surface area contributed by atoms with Crippen molar-refractivity contribution in [2.24, 2.45) is 0 Å². The lowest BCUT2D eigenvalue weighted by atomic mass is 10.1. The molecule has 0 aliphatic rings. The monoisotopic (exact) mass is 305 g/mol. The summed E-state index contributed by atoms with van der Waals surface area (Å²) in [6.07, 6.45) is 0. The largest absolute Gasteiger partial charge is 0.355 e. The van der Waals surface area contributed by atoms with E-state index in [-0.39, 0.29) is 0 Å². The van der Waals surface area contributed by atoms with Gasteiger partial charge in [0.15, 0.2) is 0 Å². The molecule has 0 unspecified atom stereocenters. The standard InChI is InChI=1S/C14H16BrN3/c1-10-4-6-12(7-5-10)9-18(3)14-8-13(15)16-11(2)17-14/h4-8H,9H2,1-3H3. The fourth-order valence-corrected chi connectivity index (χ4v) is 2.22. The molecule has 1 heterocycles. The van der Waals surface area contributed by atoms with Crippen LogP contribution in [0.1, 0.15) is 17.0 Å². The lowest BCUT2D eigenvalue weighted by Gasteiger charge is -2.18. The second-order valence-electron chi connectivity index (χ2n) is 4.44. The van der Waals surface area contributed by atoms with Crippen LogP contribution in [0.15, 0.2) is 34.9 Å². The molecule has 3 nitrogen and oxygen atoms in total. The summed E-state index contributed by atoms with van der Waals surface area (Å²) in [7, 11) is 2.04. The number of aryl methyl sites for hydroxylation is 2. The minimum Gasteiger partial charge on any atom is -0.355 e. The third-order valence-corrected chi connectivity index (χ3v) is 3.13. The van der Waals surface area contributed by atoms with Gasteiger partial charge in [0.25, 0.3) is 0 Å². The van der Waals surface area contributed by atoms with E-state index in [0.29, 0.717) is 0 Å². The van der Waals surface area contributed by atoms with Crippen LogP contribution in [0.5, 0.6) is 0 Å². The minimum atomic E-state index is 0.773. The van der Waals surface area contributed by atoms with Gasteiger partial charge in [-0.15, -0.1) is 0 Å². The van der Waals surface area contributed by atoms with Crippen LogP contribution in [-0.4, -0.2) is 17.0 Å². The summed E-state index contributed by atoms with van der Waals surface area (Å²) in [6, 6.07) is 10.5. The van der Waals surface area contributed by atoms with Gasteiger partial charge >= 0.3 is 0 Å². The highest BCUT2D eigenvalue weighted by atomic mass is 79.9. The molecule has 0 amide bonds. The first-order chi connectivity index (χ1) is 8.54. The van der Waals surface area contributed by atoms with Crippen LogP contribution in [0.25, 0.3) is 0 Å². The van der Waals surface area contributed by atoms with E-state index in [1.54, 1.807) is 0 Å². The van der Waals surface area contributed by atoms with Gasteiger partial charge in [-0.1, -0.05) is 29.8 Å². The Balaban J connectivity index is 2.16. The SMILES string of the molecule is Cc1ccc(CN(C)c2cc(Br)nc(C)n2)cc1. The number of anilines is 1. The maximum atomic E-state index is 4.43. The Labute approximate surface area is 116 Å². The second kappa shape index (κ2) is 5.48. The number of benzene rings is 1. The smallest absolute Gasteiger partial charge is 0.133 e. The first kappa shape index (κ1) is 13.0. The molecule has 0 saturated carbocycles. The highest BCUT2D eigenvalue weighted by molar-refractivity contribution is 9.10. The van der Waals surface area contributed by atoms with Crippen LogP contribution in [0.3, 0.4) is 0 Å². The van der Waals surface area contributed by atoms with Crippen molar-refractivity contribution < 1.29 is 0 Å². The van der Waals surface area contributed by atoms with Crippen molar-refractivity contribution in [1.29, 1.82) is 0 Å². The topological polar surface area (TPSA) is 29.0 Å². The van der Waals surface area contributed by atoms with Crippen LogP contribution in [0.4, 0.5) is 5.82 Å². The van der Waals surface area contributed by atoms with Gasteiger partial charge in [0, 0.05) is 19.7 Å². The molecule has 0 aliphatic heterocycles. The predicted molar refractivity (Wildman–Crippen MR) is 77.8 cm³/mol. The quantitative estimate of drug-likeness (QED) is 0.813. The van der Waals surface area contributed by atoms with Gasteiger partial charge in [-0.2, -0.15) is 0 Å². The number of halogens is 1. The fourth-order valence-electron chi connectivity index (χ4n) is 1.76. The molecule has 0 aliphatic carbocycles. The maximum Gasteiger partial charge on any atom is 0.133 e. The van der Waals surface area contributed by atoms with Crippen molar-refractivity contribution in [3.63, 3.8) is 0 Å². The van der Waals surface area contributed by atoms with Gasteiger partial charge in [0.05, 0.1) is 0 Å². The Morgan fingerprint density at radius 3 is 2.39 bits per heavy atom. The summed E-state index contributed by atoms with van der Waals surface area (Å²) in [4.78, 5) is 10.8. The number of nitrogens with zero attached hydrogens (tertiary/aromatic N) is 3. The highest BCUT2D eigenvalue weighted by Crippen LogP contribution is 2.17. The number of hydrogen-bond acceptors (Lipinski definition) is 3. The molecule has 2 aromatic rings. The number of hydrogen-bond donors (Lipinski definition) is 0. The van der Waals surface area contributed by atoms with E-state index in [1.165, 1.54) is 11.1 Å². The molecular weight excluding hydrogens is 290 g/mol. The Bertz CT molecular complexity index is 517. The van der Waals surface area contributed by atoms with Gasteiger partial charge in [-0.3, -0.25) is 0 Å². The summed E-state index contributed by atoms with van der Waals surface area (Å²) in [5, 5.41) is 0. The molecule has 0 bridgehead atoms. The molecule has 1 aromatic heterocycles. The Hall–Kier alpha value is -1.42. The second-order valence-corrected chi connectivity index (χ2v) is 5.25. The molecule has 0 saturated heterocycles. The van der Waals surface area contributed by atoms with E-state index in [2.05, 4.69) is 62.0 Å². The average Bonchev–Trinajstić information content (AvgIpc) is 2.31. The summed E-state index contributed by atoms with van der Waals surface area (Å²) in [5.74, 6) is 1.70. The van der Waals surface area contributed by atoms with E-state index >= 15 is 0 Å². The summed E-state index contributed by atoms with van der Waals surface area (Å²) in [6.45, 7) is 4.83. The van der Waals surface area contributed by atoms with E-state index in [4.69, 9.17) is 0 Å². The van der Waals surface area contributed by atoms with Crippen LogP contribution in [0.2, 0.25) is 0 Å². The molecule has 0 fully saturated rings. The molecule has 0 radical (unpaired) electrons. The number of rotatable bonds is 3. The van der Waals surface area contributed by atoms with Crippen LogP contribution in [-0.2, 0) is 6.54 Å². The van der Waals surface area contributed by atoms with E-state index in [1.807, 2.05) is 20.0 Å². The van der Waals surface area contributed by atoms with Crippen molar-refractivity contribution in [2.45, 2.75) is 20.4 Å². The zero-order valence-electron chi connectivity index (χ0n) is 10.8. The van der Waals surface area contributed by atoms with E-state index in [0.717, 1.165) is 22.8 Å². The van der Waals surface area contributed by atoms with Crippen molar-refractivity contribution in [3.8, 4) is 0 Å². The third kappa shape index (κ3) is 3.29. The van der Waals surface area contributed by atoms with Gasteiger partial charge in [-0.05, 0) is 35.3 Å². The molecule has 94 valence electrons. The zero-order chi connectivity index (χ0) is 13.1. The first-order valence-corrected chi connectivity index (χ1v) is 6.62. The van der Waals surface area contributed by atoms with Crippen molar-refractivity contribution >= 4 is 21.7 Å². The molecule has 2 rings (SSSR count). The summed E-state index contributed by atoms with van der Waals surface area (Å²) < 4.78 is 0.820. The van der Waals surface area contributed by atoms with Gasteiger partial charge < -0.3 is 4.90 Å². The average molecular weight is 306 g/mol. The highest BCUT2D eigenvalue weighted by Gasteiger charge is 2.06. The van der Waals surface area contributed by atoms with Gasteiger partial charge in [-0.25, -0.2) is 9.97 Å². The molecule has 0 atom stereocenters. The molecule has 0 spiro atoms. The van der Waals surface area contributed by atoms with E-state index < -0.39 is 0 Å². The fraction of sp³-hybridized carbons (Fsp3) is 0.286. The number of aromatic nitrogens is 2. The summed E-state index contributed by atoms with van der Waals surface area (Å²) in [5.41, 5.74) is 2.55. The van der Waals surface area contributed by atoms with Crippen molar-refractivity contribution in [2.75, 3.05) is 11.9 Å². The van der Waals surface area contributed by atoms with Crippen LogP contribution >= 0.6 is 15.9 Å². The van der Waals surface area contributed by atoms with E-state index in [9.17, 15) is 0 Å². The summed E-state index contributed by atoms with van der Waals surface area (Å²) >= 11 is 3.40. The normalized spacial score (nSPS) is 10.4. The van der Waals surface area contributed by atoms with Crippen molar-refractivity contribution in [1.82, 2.24) is 9.97 Å². The Kier molecular flexibility index (Phi) is 3.97. The lowest BCUT2D eigenvalue weighted by molar-refractivity contribution is 0.875. The molecule has 4 heteroatoms. The molecule has 0 N–H and O–H groups in total. The van der Waals surface area contributed by atoms with Gasteiger partial charge in [0.1, 0.15) is 16.2 Å². The van der Waals surface area contributed by atoms with Crippen LogP contribution < -0.4 is 4.90 Å². The van der Waals surface area contributed by atoms with Crippen molar-refractivity contribution in [3.05, 3.63) is 51.9 Å². The third-order valence-electron chi connectivity index (χ3n) is 2.72. The Morgan fingerprint density at radius 1 is 1.11 bits per heavy atom. The molecule has 18 heavy (non-hydrogen) atoms. The molecular formula is C14H16BrN3. The maximum absolute atomic E-state index is 4.43. The lowest BCUT2D eigenvalue weighted by Crippen LogP contribution is -2.18. The molecule has 1 aromatic carbocycles. The zero-order valence-corrected chi connectivity index (χ0v) is 12.4. The minimum absolute atomic E-state index is 0.773. The Morgan fingerprint density at radius 2 is 1.78 bits per heavy atom. The predicted octanol–water partition coefficient (Wildman–Crippen LogP) is 3.49. The van der Waals surface area contributed by atoms with Crippen LogP contribution in [0, 0.1) is 13.8 Å².